The predicted molar refractivity (Wildman–Crippen MR) is 81.2 cm³/mol. The van der Waals surface area contributed by atoms with Gasteiger partial charge in [-0.15, -0.1) is 0 Å². The van der Waals surface area contributed by atoms with Crippen LogP contribution in [0.5, 0.6) is 0 Å². The van der Waals surface area contributed by atoms with Gasteiger partial charge < -0.3 is 11.1 Å². The van der Waals surface area contributed by atoms with E-state index in [1.807, 2.05) is 25.1 Å². The maximum absolute atomic E-state index is 12.0. The summed E-state index contributed by atoms with van der Waals surface area (Å²) in [4.78, 5) is 14.2. The summed E-state index contributed by atoms with van der Waals surface area (Å²) in [5, 5.41) is 2.97. The summed E-state index contributed by atoms with van der Waals surface area (Å²) in [6.45, 7) is 4.25. The van der Waals surface area contributed by atoms with Crippen LogP contribution >= 0.6 is 15.9 Å². The Bertz CT molecular complexity index is 456. The minimum absolute atomic E-state index is 0.0386. The third kappa shape index (κ3) is 4.03. The molecule has 104 valence electrons. The van der Waals surface area contributed by atoms with Crippen LogP contribution in [0.1, 0.15) is 18.4 Å². The molecule has 1 aromatic carbocycles. The number of likely N-dealkylation sites (tertiary alicyclic amines) is 1. The number of nitrogens with two attached hydrogens (primary N) is 1. The molecule has 0 unspecified atom stereocenters. The van der Waals surface area contributed by atoms with E-state index in [1.54, 1.807) is 0 Å². The van der Waals surface area contributed by atoms with Crippen LogP contribution < -0.4 is 11.1 Å². The number of benzene rings is 1. The third-order valence-corrected chi connectivity index (χ3v) is 4.40. The molecule has 0 aliphatic carbocycles. The van der Waals surface area contributed by atoms with Gasteiger partial charge in [0.05, 0.1) is 6.54 Å². The number of hydrogen-bond acceptors (Lipinski definition) is 3. The number of nitrogens with one attached hydrogen (secondary N) is 1. The second-order valence-electron chi connectivity index (χ2n) is 5.07. The molecule has 0 spiro atoms. The van der Waals surface area contributed by atoms with Gasteiger partial charge in [-0.2, -0.15) is 0 Å². The van der Waals surface area contributed by atoms with E-state index < -0.39 is 0 Å². The van der Waals surface area contributed by atoms with Crippen LogP contribution in [0, 0.1) is 6.92 Å². The monoisotopic (exact) mass is 325 g/mol. The van der Waals surface area contributed by atoms with E-state index in [4.69, 9.17) is 5.73 Å². The van der Waals surface area contributed by atoms with Crippen LogP contribution in [0.4, 0.5) is 5.69 Å². The van der Waals surface area contributed by atoms with Crippen LogP contribution in [-0.4, -0.2) is 36.5 Å². The molecule has 1 saturated heterocycles. The number of rotatable bonds is 3. The molecule has 1 aliphatic heterocycles. The lowest BCUT2D eigenvalue weighted by Gasteiger charge is -2.29. The fraction of sp³-hybridized carbons (Fsp3) is 0.500. The summed E-state index contributed by atoms with van der Waals surface area (Å²) in [7, 11) is 0. The fourth-order valence-corrected chi connectivity index (χ4v) is 2.61. The molecule has 0 saturated carbocycles. The largest absolute Gasteiger partial charge is 0.328 e. The summed E-state index contributed by atoms with van der Waals surface area (Å²) in [5.41, 5.74) is 7.78. The Kier molecular flexibility index (Phi) is 4.96. The number of carbonyl (C=O) groups excluding carboxylic acids is 1. The van der Waals surface area contributed by atoms with E-state index in [2.05, 4.69) is 26.1 Å². The van der Waals surface area contributed by atoms with Crippen LogP contribution in [-0.2, 0) is 4.79 Å². The molecule has 4 nitrogen and oxygen atoms in total. The molecular formula is C14H20BrN3O. The van der Waals surface area contributed by atoms with Gasteiger partial charge in [0, 0.05) is 29.3 Å². The van der Waals surface area contributed by atoms with Gasteiger partial charge >= 0.3 is 0 Å². The van der Waals surface area contributed by atoms with Crippen molar-refractivity contribution in [2.24, 2.45) is 5.73 Å². The van der Waals surface area contributed by atoms with E-state index in [1.165, 1.54) is 0 Å². The topological polar surface area (TPSA) is 58.4 Å². The van der Waals surface area contributed by atoms with Crippen molar-refractivity contribution in [1.29, 1.82) is 0 Å². The molecule has 19 heavy (non-hydrogen) atoms. The number of amides is 1. The molecule has 1 fully saturated rings. The summed E-state index contributed by atoms with van der Waals surface area (Å²) in [5.74, 6) is 0.0386. The second kappa shape index (κ2) is 6.50. The Morgan fingerprint density at radius 3 is 2.84 bits per heavy atom. The number of carbonyl (C=O) groups is 1. The molecule has 2 rings (SSSR count). The minimum atomic E-state index is 0.0386. The first-order valence-electron chi connectivity index (χ1n) is 6.59. The molecule has 5 heteroatoms. The maximum atomic E-state index is 12.0. The van der Waals surface area contributed by atoms with E-state index in [-0.39, 0.29) is 5.91 Å². The molecular weight excluding hydrogens is 306 g/mol. The average Bonchev–Trinajstić information content (AvgIpc) is 2.38. The summed E-state index contributed by atoms with van der Waals surface area (Å²) in [6, 6.07) is 6.11. The second-order valence-corrected chi connectivity index (χ2v) is 5.93. The SMILES string of the molecule is Cc1c(Br)cccc1NC(=O)CN1CCC(N)CC1. The van der Waals surface area contributed by atoms with Crippen molar-refractivity contribution in [2.45, 2.75) is 25.8 Å². The van der Waals surface area contributed by atoms with Crippen molar-refractivity contribution in [3.8, 4) is 0 Å². The van der Waals surface area contributed by atoms with Gasteiger partial charge in [-0.1, -0.05) is 22.0 Å². The van der Waals surface area contributed by atoms with Crippen LogP contribution in [0.25, 0.3) is 0 Å². The Labute approximate surface area is 122 Å². The van der Waals surface area contributed by atoms with Gasteiger partial charge in [-0.05, 0) is 37.5 Å². The number of anilines is 1. The summed E-state index contributed by atoms with van der Waals surface area (Å²) < 4.78 is 1.01. The zero-order chi connectivity index (χ0) is 13.8. The van der Waals surface area contributed by atoms with Crippen LogP contribution in [0.3, 0.4) is 0 Å². The average molecular weight is 326 g/mol. The van der Waals surface area contributed by atoms with Crippen molar-refractivity contribution < 1.29 is 4.79 Å². The number of piperidine rings is 1. The summed E-state index contributed by atoms with van der Waals surface area (Å²) >= 11 is 3.47. The quantitative estimate of drug-likeness (QED) is 0.894. The standard InChI is InChI=1S/C14H20BrN3O/c1-10-12(15)3-2-4-13(10)17-14(19)9-18-7-5-11(16)6-8-18/h2-4,11H,5-9,16H2,1H3,(H,17,19). The molecule has 0 atom stereocenters. The van der Waals surface area contributed by atoms with Crippen molar-refractivity contribution in [2.75, 3.05) is 25.0 Å². The highest BCUT2D eigenvalue weighted by atomic mass is 79.9. The Balaban J connectivity index is 1.89. The van der Waals surface area contributed by atoms with Crippen molar-refractivity contribution in [1.82, 2.24) is 4.90 Å². The lowest BCUT2D eigenvalue weighted by molar-refractivity contribution is -0.117. The first-order valence-corrected chi connectivity index (χ1v) is 7.38. The maximum Gasteiger partial charge on any atom is 0.238 e. The number of halogens is 1. The van der Waals surface area contributed by atoms with Gasteiger partial charge in [0.25, 0.3) is 0 Å². The minimum Gasteiger partial charge on any atom is -0.328 e. The lowest BCUT2D eigenvalue weighted by atomic mass is 10.1. The molecule has 1 amide bonds. The highest BCUT2D eigenvalue weighted by molar-refractivity contribution is 9.10. The van der Waals surface area contributed by atoms with E-state index in [9.17, 15) is 4.79 Å². The summed E-state index contributed by atoms with van der Waals surface area (Å²) in [6.07, 6.45) is 1.95. The van der Waals surface area contributed by atoms with Gasteiger partial charge in [0.15, 0.2) is 0 Å². The van der Waals surface area contributed by atoms with E-state index >= 15 is 0 Å². The third-order valence-electron chi connectivity index (χ3n) is 3.54. The van der Waals surface area contributed by atoms with Gasteiger partial charge in [0.2, 0.25) is 5.91 Å². The normalized spacial score (nSPS) is 17.4. The van der Waals surface area contributed by atoms with Crippen molar-refractivity contribution >= 4 is 27.5 Å². The zero-order valence-electron chi connectivity index (χ0n) is 11.2. The van der Waals surface area contributed by atoms with Gasteiger partial charge in [-0.3, -0.25) is 9.69 Å². The smallest absolute Gasteiger partial charge is 0.238 e. The first-order chi connectivity index (χ1) is 9.06. The van der Waals surface area contributed by atoms with Crippen molar-refractivity contribution in [3.63, 3.8) is 0 Å². The molecule has 1 aromatic rings. The highest BCUT2D eigenvalue weighted by Gasteiger charge is 2.18. The number of nitrogens with zero attached hydrogens (tertiary/aromatic N) is 1. The fourth-order valence-electron chi connectivity index (χ4n) is 2.25. The molecule has 0 aromatic heterocycles. The van der Waals surface area contributed by atoms with Crippen LogP contribution in [0.15, 0.2) is 22.7 Å². The number of hydrogen-bond donors (Lipinski definition) is 2. The van der Waals surface area contributed by atoms with E-state index in [0.29, 0.717) is 12.6 Å². The Morgan fingerprint density at radius 1 is 1.47 bits per heavy atom. The van der Waals surface area contributed by atoms with Gasteiger partial charge in [0.1, 0.15) is 0 Å². The molecule has 1 heterocycles. The molecule has 0 bridgehead atoms. The Morgan fingerprint density at radius 2 is 2.16 bits per heavy atom. The molecule has 3 N–H and O–H groups in total. The van der Waals surface area contributed by atoms with Crippen molar-refractivity contribution in [3.05, 3.63) is 28.2 Å². The first kappa shape index (κ1) is 14.5. The van der Waals surface area contributed by atoms with E-state index in [0.717, 1.165) is 41.7 Å². The predicted octanol–water partition coefficient (Wildman–Crippen LogP) is 2.12. The lowest BCUT2D eigenvalue weighted by Crippen LogP contribution is -2.43. The van der Waals surface area contributed by atoms with Crippen LogP contribution in [0.2, 0.25) is 0 Å². The van der Waals surface area contributed by atoms with Gasteiger partial charge in [-0.25, -0.2) is 0 Å². The molecule has 1 aliphatic rings. The Hall–Kier alpha value is -0.910. The zero-order valence-corrected chi connectivity index (χ0v) is 12.7. The highest BCUT2D eigenvalue weighted by Crippen LogP contribution is 2.23. The molecule has 0 radical (unpaired) electrons.